The Morgan fingerprint density at radius 1 is 1.07 bits per heavy atom. The van der Waals surface area contributed by atoms with Crippen molar-refractivity contribution in [3.63, 3.8) is 0 Å². The second-order valence-electron chi connectivity index (χ2n) is 3.65. The highest BCUT2D eigenvalue weighted by Crippen LogP contribution is 2.02. The SMILES string of the molecule is CCN=C=NCCC(N(C)C)N(C)C.Cl. The van der Waals surface area contributed by atoms with E-state index in [4.69, 9.17) is 0 Å². The van der Waals surface area contributed by atoms with Crippen molar-refractivity contribution in [2.45, 2.75) is 19.5 Å². The first-order valence-electron chi connectivity index (χ1n) is 5.00. The molecule has 0 aliphatic heterocycles. The lowest BCUT2D eigenvalue weighted by Crippen LogP contribution is -2.40. The molecule has 0 bridgehead atoms. The minimum Gasteiger partial charge on any atom is -0.294 e. The third-order valence-electron chi connectivity index (χ3n) is 1.99. The van der Waals surface area contributed by atoms with Gasteiger partial charge in [0.15, 0.2) is 0 Å². The van der Waals surface area contributed by atoms with E-state index in [-0.39, 0.29) is 12.4 Å². The second-order valence-corrected chi connectivity index (χ2v) is 3.65. The number of aliphatic imine (C=N–C) groups is 2. The van der Waals surface area contributed by atoms with Crippen molar-refractivity contribution in [1.29, 1.82) is 0 Å². The van der Waals surface area contributed by atoms with Gasteiger partial charge in [-0.05, 0) is 41.5 Å². The molecule has 0 amide bonds. The largest absolute Gasteiger partial charge is 0.294 e. The summed E-state index contributed by atoms with van der Waals surface area (Å²) in [6.07, 6.45) is 1.44. The molecule has 0 radical (unpaired) electrons. The first kappa shape index (κ1) is 17.0. The van der Waals surface area contributed by atoms with Crippen LogP contribution in [0.15, 0.2) is 9.98 Å². The molecule has 0 aromatic carbocycles. The van der Waals surface area contributed by atoms with Crippen LogP contribution in [0.2, 0.25) is 0 Å². The van der Waals surface area contributed by atoms with Crippen LogP contribution in [0.4, 0.5) is 0 Å². The predicted molar refractivity (Wildman–Crippen MR) is 68.3 cm³/mol. The molecule has 0 aromatic heterocycles. The highest BCUT2D eigenvalue weighted by atomic mass is 35.5. The summed E-state index contributed by atoms with van der Waals surface area (Å²) in [5, 5.41) is 0. The molecule has 90 valence electrons. The molecule has 5 heteroatoms. The maximum atomic E-state index is 4.10. The normalized spacial score (nSPS) is 10.1. The molecule has 0 heterocycles. The van der Waals surface area contributed by atoms with Crippen LogP contribution in [0.25, 0.3) is 0 Å². The summed E-state index contributed by atoms with van der Waals surface area (Å²) < 4.78 is 0. The summed E-state index contributed by atoms with van der Waals surface area (Å²) in [6.45, 7) is 3.52. The minimum absolute atomic E-state index is 0. The van der Waals surface area contributed by atoms with Gasteiger partial charge in [0.1, 0.15) is 0 Å². The lowest BCUT2D eigenvalue weighted by atomic mass is 10.3. The summed E-state index contributed by atoms with van der Waals surface area (Å²) >= 11 is 0. The zero-order valence-electron chi connectivity index (χ0n) is 10.4. The van der Waals surface area contributed by atoms with E-state index >= 15 is 0 Å². The second kappa shape index (κ2) is 10.1. The van der Waals surface area contributed by atoms with Crippen LogP contribution in [0, 0.1) is 0 Å². The fourth-order valence-corrected chi connectivity index (χ4v) is 1.33. The maximum Gasteiger partial charge on any atom is 0.0892 e. The fraction of sp³-hybridized carbons (Fsp3) is 0.900. The molecule has 0 fully saturated rings. The smallest absolute Gasteiger partial charge is 0.0892 e. The highest BCUT2D eigenvalue weighted by molar-refractivity contribution is 5.85. The molecular formula is C10H23ClN4. The van der Waals surface area contributed by atoms with Crippen LogP contribution in [0.1, 0.15) is 13.3 Å². The zero-order chi connectivity index (χ0) is 11.0. The van der Waals surface area contributed by atoms with Gasteiger partial charge in [0, 0.05) is 6.54 Å². The van der Waals surface area contributed by atoms with E-state index in [1.165, 1.54) is 0 Å². The molecule has 0 unspecified atom stereocenters. The lowest BCUT2D eigenvalue weighted by molar-refractivity contribution is 0.123. The van der Waals surface area contributed by atoms with E-state index in [9.17, 15) is 0 Å². The Morgan fingerprint density at radius 2 is 1.60 bits per heavy atom. The van der Waals surface area contributed by atoms with Crippen molar-refractivity contribution < 1.29 is 0 Å². The summed E-state index contributed by atoms with van der Waals surface area (Å²) in [7, 11) is 8.31. The Hall–Kier alpha value is -0.410. The molecule has 0 saturated heterocycles. The molecule has 0 rings (SSSR count). The third kappa shape index (κ3) is 8.58. The zero-order valence-corrected chi connectivity index (χ0v) is 11.2. The molecule has 0 aliphatic carbocycles. The van der Waals surface area contributed by atoms with Crippen LogP contribution < -0.4 is 0 Å². The van der Waals surface area contributed by atoms with Gasteiger partial charge in [-0.1, -0.05) is 0 Å². The number of hydrogen-bond acceptors (Lipinski definition) is 4. The van der Waals surface area contributed by atoms with Crippen molar-refractivity contribution >= 4 is 18.4 Å². The average Bonchev–Trinajstić information content (AvgIpc) is 2.09. The molecule has 4 nitrogen and oxygen atoms in total. The Balaban J connectivity index is 0. The van der Waals surface area contributed by atoms with Gasteiger partial charge >= 0.3 is 0 Å². The van der Waals surface area contributed by atoms with E-state index < -0.39 is 0 Å². The highest BCUT2D eigenvalue weighted by Gasteiger charge is 2.12. The van der Waals surface area contributed by atoms with Crippen molar-refractivity contribution in [1.82, 2.24) is 9.80 Å². The molecule has 0 atom stereocenters. The molecule has 0 spiro atoms. The summed E-state index contributed by atoms with van der Waals surface area (Å²) in [4.78, 5) is 12.4. The molecule has 0 N–H and O–H groups in total. The van der Waals surface area contributed by atoms with Gasteiger partial charge in [0.25, 0.3) is 0 Å². The van der Waals surface area contributed by atoms with Crippen molar-refractivity contribution in [3.05, 3.63) is 0 Å². The van der Waals surface area contributed by atoms with Gasteiger partial charge in [-0.25, -0.2) is 9.98 Å². The third-order valence-corrected chi connectivity index (χ3v) is 1.99. The van der Waals surface area contributed by atoms with Crippen LogP contribution in [-0.2, 0) is 0 Å². The maximum absolute atomic E-state index is 4.10. The number of rotatable bonds is 6. The first-order chi connectivity index (χ1) is 6.59. The lowest BCUT2D eigenvalue weighted by Gasteiger charge is -2.29. The number of nitrogens with zero attached hydrogens (tertiary/aromatic N) is 4. The molecule has 15 heavy (non-hydrogen) atoms. The standard InChI is InChI=1S/C10H22N4.ClH/c1-6-11-9-12-8-7-10(13(2)3)14(4)5;/h10H,6-8H2,1-5H3;1H. The Labute approximate surface area is 99.5 Å². The fourth-order valence-electron chi connectivity index (χ4n) is 1.33. The van der Waals surface area contributed by atoms with E-state index in [0.29, 0.717) is 6.17 Å². The van der Waals surface area contributed by atoms with Crippen molar-refractivity contribution in [3.8, 4) is 0 Å². The van der Waals surface area contributed by atoms with Crippen LogP contribution in [-0.4, -0.2) is 63.3 Å². The summed E-state index contributed by atoms with van der Waals surface area (Å²) in [5.41, 5.74) is 0. The molecule has 0 aromatic rings. The van der Waals surface area contributed by atoms with Gasteiger partial charge < -0.3 is 0 Å². The minimum atomic E-state index is 0. The summed E-state index contributed by atoms with van der Waals surface area (Å²) in [6, 6.07) is 2.68. The molecule has 0 saturated carbocycles. The van der Waals surface area contributed by atoms with Gasteiger partial charge in [0.05, 0.1) is 18.7 Å². The quantitative estimate of drug-likeness (QED) is 0.515. The Bertz CT molecular complexity index is 190. The summed E-state index contributed by atoms with van der Waals surface area (Å²) in [5.74, 6) is 0. The number of hydrogen-bond donors (Lipinski definition) is 0. The number of halogens is 1. The van der Waals surface area contributed by atoms with Crippen molar-refractivity contribution in [2.24, 2.45) is 9.98 Å². The Kier molecular flexibility index (Phi) is 11.5. The van der Waals surface area contributed by atoms with Gasteiger partial charge in [-0.3, -0.25) is 9.80 Å². The van der Waals surface area contributed by atoms with E-state index in [1.54, 1.807) is 0 Å². The van der Waals surface area contributed by atoms with Crippen LogP contribution >= 0.6 is 12.4 Å². The van der Waals surface area contributed by atoms with Gasteiger partial charge in [-0.15, -0.1) is 12.4 Å². The monoisotopic (exact) mass is 234 g/mol. The average molecular weight is 235 g/mol. The van der Waals surface area contributed by atoms with E-state index in [2.05, 4.69) is 54.0 Å². The Morgan fingerprint density at radius 3 is 2.00 bits per heavy atom. The van der Waals surface area contributed by atoms with Gasteiger partial charge in [0.2, 0.25) is 0 Å². The molecule has 0 aliphatic rings. The topological polar surface area (TPSA) is 31.2 Å². The van der Waals surface area contributed by atoms with E-state index in [1.807, 2.05) is 6.92 Å². The van der Waals surface area contributed by atoms with Crippen LogP contribution in [0.5, 0.6) is 0 Å². The predicted octanol–water partition coefficient (Wildman–Crippen LogP) is 1.44. The van der Waals surface area contributed by atoms with E-state index in [0.717, 1.165) is 19.5 Å². The first-order valence-corrected chi connectivity index (χ1v) is 5.00. The van der Waals surface area contributed by atoms with Gasteiger partial charge in [-0.2, -0.15) is 0 Å². The van der Waals surface area contributed by atoms with Crippen molar-refractivity contribution in [2.75, 3.05) is 41.3 Å². The van der Waals surface area contributed by atoms with Crippen LogP contribution in [0.3, 0.4) is 0 Å². The molecular weight excluding hydrogens is 212 g/mol.